The molecule has 3 saturated carbocycles. The van der Waals surface area contributed by atoms with E-state index >= 15 is 0 Å². The number of ether oxygens (including phenoxy) is 1. The largest absolute Gasteiger partial charge is 0.631 e. The van der Waals surface area contributed by atoms with Gasteiger partial charge in [-0.15, -0.1) is 5.48 Å². The Kier molecular flexibility index (Phi) is 5.95. The topological polar surface area (TPSA) is 116 Å². The normalized spacial score (nSPS) is 31.2. The fourth-order valence-corrected chi connectivity index (χ4v) is 5.16. The second kappa shape index (κ2) is 8.79. The van der Waals surface area contributed by atoms with Crippen LogP contribution in [0.25, 0.3) is 0 Å². The highest BCUT2D eigenvalue weighted by Crippen LogP contribution is 2.67. The molecule has 4 aliphatic rings. The lowest BCUT2D eigenvalue weighted by Crippen LogP contribution is -3.11. The molecule has 1 aliphatic heterocycles. The summed E-state index contributed by atoms with van der Waals surface area (Å²) in [6, 6.07) is 13.1. The molecule has 1 heterocycles. The minimum atomic E-state index is -0.692. The van der Waals surface area contributed by atoms with Crippen LogP contribution >= 0.6 is 11.6 Å². The van der Waals surface area contributed by atoms with E-state index < -0.39 is 29.2 Å². The molecule has 4 N–H and O–H groups in total. The number of rotatable bonds is 8. The predicted molar refractivity (Wildman–Crippen MR) is 119 cm³/mol. The summed E-state index contributed by atoms with van der Waals surface area (Å²) in [4.78, 5) is 30.4. The highest BCUT2D eigenvalue weighted by molar-refractivity contribution is 6.30. The third-order valence-electron chi connectivity index (χ3n) is 6.68. The second-order valence-electron chi connectivity index (χ2n) is 9.20. The van der Waals surface area contributed by atoms with Crippen molar-refractivity contribution in [2.75, 3.05) is 13.2 Å². The van der Waals surface area contributed by atoms with E-state index in [0.29, 0.717) is 19.3 Å². The van der Waals surface area contributed by atoms with E-state index in [-0.39, 0.29) is 40.8 Å². The molecule has 2 amide bonds. The molecule has 11 heteroatoms. The van der Waals surface area contributed by atoms with Crippen LogP contribution in [0.1, 0.15) is 31.1 Å². The Hall–Kier alpha value is -2.76. The zero-order valence-electron chi connectivity index (χ0n) is 18.1. The van der Waals surface area contributed by atoms with E-state index in [9.17, 15) is 19.2 Å². The molecule has 2 bridgehead atoms. The molecule has 1 saturated heterocycles. The summed E-state index contributed by atoms with van der Waals surface area (Å²) in [5, 5.41) is 18.2. The van der Waals surface area contributed by atoms with Crippen molar-refractivity contribution >= 4 is 23.4 Å². The average molecular weight is 491 g/mol. The summed E-state index contributed by atoms with van der Waals surface area (Å²) in [7, 11) is 0. The predicted octanol–water partition coefficient (Wildman–Crippen LogP) is 0.955. The summed E-state index contributed by atoms with van der Waals surface area (Å²) < 4.78 is 18.8. The molecule has 180 valence electrons. The van der Waals surface area contributed by atoms with E-state index in [1.807, 2.05) is 30.3 Å². The number of quaternary nitrogens is 1. The highest BCUT2D eigenvalue weighted by atomic mass is 35.5. The molecule has 2 aromatic carbocycles. The van der Waals surface area contributed by atoms with Crippen LogP contribution in [0.4, 0.5) is 4.39 Å². The first-order chi connectivity index (χ1) is 16.3. The minimum Gasteiger partial charge on any atom is -0.631 e. The van der Waals surface area contributed by atoms with E-state index in [1.165, 1.54) is 12.1 Å². The second-order valence-corrected chi connectivity index (χ2v) is 9.60. The van der Waals surface area contributed by atoms with Crippen LogP contribution in [0, 0.1) is 16.4 Å². The Balaban J connectivity index is 1.05. The summed E-state index contributed by atoms with van der Waals surface area (Å²) in [6.45, 7) is -0.131. The third-order valence-corrected chi connectivity index (χ3v) is 6.98. The van der Waals surface area contributed by atoms with Crippen molar-refractivity contribution in [2.24, 2.45) is 5.41 Å². The monoisotopic (exact) mass is 490 g/mol. The maximum absolute atomic E-state index is 13.5. The maximum Gasteiger partial charge on any atom is 0.258 e. The van der Waals surface area contributed by atoms with Crippen molar-refractivity contribution in [3.05, 3.63) is 70.1 Å². The Morgan fingerprint density at radius 2 is 1.97 bits per heavy atom. The van der Waals surface area contributed by atoms with Gasteiger partial charge in [0, 0.05) is 17.2 Å². The maximum atomic E-state index is 13.5. The van der Waals surface area contributed by atoms with E-state index in [2.05, 4.69) is 16.1 Å². The molecule has 4 fully saturated rings. The van der Waals surface area contributed by atoms with Crippen LogP contribution in [-0.4, -0.2) is 36.7 Å². The fraction of sp³-hybridized carbons (Fsp3) is 0.391. The first kappa shape index (κ1) is 23.0. The van der Waals surface area contributed by atoms with E-state index in [1.54, 1.807) is 0 Å². The highest BCUT2D eigenvalue weighted by Gasteiger charge is 2.72. The first-order valence-electron chi connectivity index (χ1n) is 11.0. The van der Waals surface area contributed by atoms with Crippen LogP contribution in [0.5, 0.6) is 5.75 Å². The number of benzene rings is 2. The molecule has 34 heavy (non-hydrogen) atoms. The number of amides is 2. The molecule has 6 rings (SSSR count). The van der Waals surface area contributed by atoms with Crippen molar-refractivity contribution in [3.8, 4) is 5.75 Å². The summed E-state index contributed by atoms with van der Waals surface area (Å²) >= 11 is 5.63. The Morgan fingerprint density at radius 1 is 1.24 bits per heavy atom. The lowest BCUT2D eigenvalue weighted by Gasteiger charge is -2.69. The molecule has 9 nitrogen and oxygen atoms in total. The van der Waals surface area contributed by atoms with Gasteiger partial charge in [0.15, 0.2) is 12.8 Å². The van der Waals surface area contributed by atoms with Gasteiger partial charge in [-0.2, -0.15) is 0 Å². The molecular weight excluding hydrogens is 467 g/mol. The molecule has 3 unspecified atom stereocenters. The van der Waals surface area contributed by atoms with Gasteiger partial charge in [0.05, 0.1) is 17.0 Å². The summed E-state index contributed by atoms with van der Waals surface area (Å²) in [6.07, 6.45) is 0.278. The van der Waals surface area contributed by atoms with Gasteiger partial charge < -0.3 is 25.6 Å². The SMILES string of the molecule is O=C(COc1ccc(Cl)c(F)c1)NC12CC(C(=O)NCC3NOC(c4ccccc4)[NH+]3[O-])(C1)C2. The Morgan fingerprint density at radius 3 is 2.68 bits per heavy atom. The zero-order valence-corrected chi connectivity index (χ0v) is 18.9. The Bertz CT molecular complexity index is 1080. The van der Waals surface area contributed by atoms with Crippen LogP contribution in [0.2, 0.25) is 5.02 Å². The minimum absolute atomic E-state index is 0.0224. The molecular formula is C23H24ClFN4O5. The van der Waals surface area contributed by atoms with Gasteiger partial charge in [-0.3, -0.25) is 9.59 Å². The van der Waals surface area contributed by atoms with Gasteiger partial charge in [0.1, 0.15) is 11.6 Å². The van der Waals surface area contributed by atoms with Gasteiger partial charge in [-0.05, 0) is 31.4 Å². The number of hydroxylamine groups is 3. The van der Waals surface area contributed by atoms with Crippen molar-refractivity contribution in [1.29, 1.82) is 0 Å². The van der Waals surface area contributed by atoms with E-state index in [4.69, 9.17) is 21.2 Å². The van der Waals surface area contributed by atoms with Crippen LogP contribution < -0.4 is 25.9 Å². The van der Waals surface area contributed by atoms with Gasteiger partial charge in [0.25, 0.3) is 5.91 Å². The number of carbonyl (C=O) groups excluding carboxylic acids is 2. The van der Waals surface area contributed by atoms with Crippen LogP contribution in [0.15, 0.2) is 48.5 Å². The summed E-state index contributed by atoms with van der Waals surface area (Å²) in [5.74, 6) is -0.883. The van der Waals surface area contributed by atoms with Crippen molar-refractivity contribution in [1.82, 2.24) is 16.1 Å². The zero-order chi connectivity index (χ0) is 23.9. The standard InChI is InChI=1S/C23H24ClFN4O5/c24-16-7-6-15(8-17(16)25)33-10-19(30)27-23-11-22(12-23,13-23)21(31)26-9-18-28-34-20(29(18)32)14-4-2-1-3-5-14/h1-8,18,20,28-29H,9-13H2,(H,26,31)(H,27,30). The van der Waals surface area contributed by atoms with Gasteiger partial charge in [-0.25, -0.2) is 9.23 Å². The smallest absolute Gasteiger partial charge is 0.258 e. The number of hydrogen-bond acceptors (Lipinski definition) is 6. The quantitative estimate of drug-likeness (QED) is 0.410. The fourth-order valence-electron chi connectivity index (χ4n) is 5.04. The molecule has 3 aliphatic carbocycles. The first-order valence-corrected chi connectivity index (χ1v) is 11.3. The van der Waals surface area contributed by atoms with Crippen molar-refractivity contribution in [3.63, 3.8) is 0 Å². The van der Waals surface area contributed by atoms with E-state index in [0.717, 1.165) is 11.6 Å². The molecule has 0 spiro atoms. The van der Waals surface area contributed by atoms with Crippen LogP contribution in [0.3, 0.4) is 0 Å². The number of carbonyl (C=O) groups is 2. The number of nitrogens with one attached hydrogen (secondary N) is 4. The van der Waals surface area contributed by atoms with Crippen molar-refractivity contribution < 1.29 is 28.6 Å². The average Bonchev–Trinajstić information content (AvgIpc) is 3.15. The van der Waals surface area contributed by atoms with Crippen molar-refractivity contribution in [2.45, 2.75) is 37.2 Å². The number of halogens is 2. The molecule has 0 radical (unpaired) electrons. The van der Waals surface area contributed by atoms with Gasteiger partial charge >= 0.3 is 0 Å². The van der Waals surface area contributed by atoms with Gasteiger partial charge in [0.2, 0.25) is 12.1 Å². The lowest BCUT2D eigenvalue weighted by molar-refractivity contribution is -0.904. The Labute approximate surface area is 200 Å². The molecule has 3 atom stereocenters. The third kappa shape index (κ3) is 4.23. The molecule has 2 aromatic rings. The van der Waals surface area contributed by atoms with Crippen LogP contribution in [-0.2, 0) is 14.4 Å². The summed E-state index contributed by atoms with van der Waals surface area (Å²) in [5.41, 5.74) is 2.54. The van der Waals surface area contributed by atoms with Gasteiger partial charge in [-0.1, -0.05) is 41.9 Å². The lowest BCUT2D eigenvalue weighted by atomic mass is 9.39. The number of hydrogen-bond donors (Lipinski definition) is 4. The molecule has 0 aromatic heterocycles.